The monoisotopic (exact) mass is 404 g/mol. The molecular weight excluding hydrogens is 364 g/mol. The minimum absolute atomic E-state index is 0.271. The molecule has 0 spiro atoms. The molecule has 27 heavy (non-hydrogen) atoms. The third-order valence-corrected chi connectivity index (χ3v) is 6.64. The zero-order chi connectivity index (χ0) is 20.2. The Balaban J connectivity index is 2.53. The van der Waals surface area contributed by atoms with Gasteiger partial charge >= 0.3 is 0 Å². The molecule has 1 aliphatic rings. The van der Waals surface area contributed by atoms with Gasteiger partial charge in [-0.2, -0.15) is 0 Å². The Morgan fingerprint density at radius 2 is 1.89 bits per heavy atom. The Kier molecular flexibility index (Phi) is 11.3. The van der Waals surface area contributed by atoms with Gasteiger partial charge in [0.1, 0.15) is 0 Å². The molecule has 1 aliphatic carbocycles. The summed E-state index contributed by atoms with van der Waals surface area (Å²) in [5.74, 6) is 0.822. The zero-order valence-corrected chi connectivity index (χ0v) is 18.5. The van der Waals surface area contributed by atoms with Crippen molar-refractivity contribution in [3.63, 3.8) is 0 Å². The second kappa shape index (κ2) is 12.6. The fourth-order valence-corrected chi connectivity index (χ4v) is 4.58. The largest absolute Gasteiger partial charge is 0.382 e. The van der Waals surface area contributed by atoms with Crippen molar-refractivity contribution in [2.45, 2.75) is 59.3 Å². The van der Waals surface area contributed by atoms with Crippen LogP contribution >= 0.6 is 0 Å². The summed E-state index contributed by atoms with van der Waals surface area (Å²) in [6.45, 7) is 10.9. The van der Waals surface area contributed by atoms with Gasteiger partial charge in [0.2, 0.25) is 10.0 Å². The highest BCUT2D eigenvalue weighted by Gasteiger charge is 2.33. The van der Waals surface area contributed by atoms with E-state index in [4.69, 9.17) is 9.73 Å². The summed E-state index contributed by atoms with van der Waals surface area (Å²) >= 11 is 0. The number of nitrogens with zero attached hydrogens (tertiary/aromatic N) is 2. The Hall–Kier alpha value is -0.860. The van der Waals surface area contributed by atoms with E-state index in [1.807, 2.05) is 13.8 Å². The molecule has 0 unspecified atom stereocenters. The van der Waals surface area contributed by atoms with Crippen molar-refractivity contribution in [2.24, 2.45) is 10.4 Å². The third-order valence-electron chi connectivity index (χ3n) is 5.26. The lowest BCUT2D eigenvalue weighted by Gasteiger charge is -2.27. The number of rotatable bonds is 13. The van der Waals surface area contributed by atoms with Crippen molar-refractivity contribution >= 4 is 16.0 Å². The van der Waals surface area contributed by atoms with E-state index >= 15 is 0 Å². The van der Waals surface area contributed by atoms with Crippen LogP contribution in [0, 0.1) is 5.41 Å². The number of nitrogens with one attached hydrogen (secondary N) is 2. The fourth-order valence-electron chi connectivity index (χ4n) is 3.65. The zero-order valence-electron chi connectivity index (χ0n) is 17.7. The normalized spacial score (nSPS) is 17.4. The van der Waals surface area contributed by atoms with E-state index in [-0.39, 0.29) is 5.41 Å². The second-order valence-corrected chi connectivity index (χ2v) is 9.37. The van der Waals surface area contributed by atoms with Crippen LogP contribution in [-0.4, -0.2) is 70.9 Å². The van der Waals surface area contributed by atoms with Crippen LogP contribution in [0.25, 0.3) is 0 Å². The standard InChI is InChI=1S/C19H40N4O3S/c1-5-20-18(21-14-10-15-23(6-2)27(4,24)25)22-17-19(11-8-9-12-19)13-16-26-7-3/h5-17H2,1-4H3,(H2,20,21,22). The Labute approximate surface area is 166 Å². The van der Waals surface area contributed by atoms with Crippen LogP contribution in [0.5, 0.6) is 0 Å². The molecule has 0 aromatic carbocycles. The van der Waals surface area contributed by atoms with Gasteiger partial charge in [0.15, 0.2) is 5.96 Å². The molecule has 8 heteroatoms. The van der Waals surface area contributed by atoms with Crippen molar-refractivity contribution in [3.8, 4) is 0 Å². The lowest BCUT2D eigenvalue weighted by molar-refractivity contribution is 0.107. The summed E-state index contributed by atoms with van der Waals surface area (Å²) in [4.78, 5) is 4.84. The number of sulfonamides is 1. The summed E-state index contributed by atoms with van der Waals surface area (Å²) < 4.78 is 30.4. The van der Waals surface area contributed by atoms with E-state index in [1.165, 1.54) is 36.2 Å². The molecule has 7 nitrogen and oxygen atoms in total. The maximum absolute atomic E-state index is 11.6. The van der Waals surface area contributed by atoms with E-state index in [9.17, 15) is 8.42 Å². The first-order valence-corrected chi connectivity index (χ1v) is 12.3. The van der Waals surface area contributed by atoms with E-state index < -0.39 is 10.0 Å². The van der Waals surface area contributed by atoms with E-state index in [2.05, 4.69) is 17.6 Å². The Morgan fingerprint density at radius 1 is 1.19 bits per heavy atom. The number of aliphatic imine (C=N–C) groups is 1. The molecule has 160 valence electrons. The van der Waals surface area contributed by atoms with Crippen molar-refractivity contribution < 1.29 is 13.2 Å². The van der Waals surface area contributed by atoms with E-state index in [0.29, 0.717) is 19.6 Å². The van der Waals surface area contributed by atoms with E-state index in [0.717, 1.165) is 45.1 Å². The minimum Gasteiger partial charge on any atom is -0.382 e. The molecule has 0 radical (unpaired) electrons. The first-order valence-electron chi connectivity index (χ1n) is 10.4. The minimum atomic E-state index is -3.12. The van der Waals surface area contributed by atoms with Gasteiger partial charge in [0.25, 0.3) is 0 Å². The molecule has 1 rings (SSSR count). The maximum Gasteiger partial charge on any atom is 0.211 e. The van der Waals surface area contributed by atoms with Gasteiger partial charge < -0.3 is 15.4 Å². The van der Waals surface area contributed by atoms with Gasteiger partial charge in [0.05, 0.1) is 6.26 Å². The summed E-state index contributed by atoms with van der Waals surface area (Å²) in [5, 5.41) is 6.65. The van der Waals surface area contributed by atoms with Gasteiger partial charge in [-0.3, -0.25) is 4.99 Å². The van der Waals surface area contributed by atoms with Gasteiger partial charge in [-0.05, 0) is 44.9 Å². The number of hydrogen-bond donors (Lipinski definition) is 2. The number of hydrogen-bond acceptors (Lipinski definition) is 4. The molecule has 0 aromatic heterocycles. The highest BCUT2D eigenvalue weighted by atomic mass is 32.2. The van der Waals surface area contributed by atoms with Crippen molar-refractivity contribution in [3.05, 3.63) is 0 Å². The van der Waals surface area contributed by atoms with Crippen molar-refractivity contribution in [1.82, 2.24) is 14.9 Å². The molecule has 0 aromatic rings. The maximum atomic E-state index is 11.6. The van der Waals surface area contributed by atoms with Gasteiger partial charge in [-0.15, -0.1) is 0 Å². The van der Waals surface area contributed by atoms with Crippen LogP contribution in [0.4, 0.5) is 0 Å². The van der Waals surface area contributed by atoms with Crippen LogP contribution in [0.1, 0.15) is 59.3 Å². The number of guanidine groups is 1. The average Bonchev–Trinajstić information content (AvgIpc) is 3.08. The first-order chi connectivity index (χ1) is 12.9. The van der Waals surface area contributed by atoms with Crippen LogP contribution in [0.3, 0.4) is 0 Å². The molecule has 2 N–H and O–H groups in total. The molecule has 0 aliphatic heterocycles. The van der Waals surface area contributed by atoms with Gasteiger partial charge in [0, 0.05) is 45.9 Å². The van der Waals surface area contributed by atoms with Crippen LogP contribution in [0.2, 0.25) is 0 Å². The average molecular weight is 405 g/mol. The van der Waals surface area contributed by atoms with Gasteiger partial charge in [-0.25, -0.2) is 12.7 Å². The number of ether oxygens (including phenoxy) is 1. The Morgan fingerprint density at radius 3 is 2.44 bits per heavy atom. The summed E-state index contributed by atoms with van der Waals surface area (Å²) in [5.41, 5.74) is 0.271. The summed E-state index contributed by atoms with van der Waals surface area (Å²) in [6.07, 6.45) is 8.10. The molecule has 1 fully saturated rings. The quantitative estimate of drug-likeness (QED) is 0.279. The highest BCUT2D eigenvalue weighted by molar-refractivity contribution is 7.88. The Bertz CT molecular complexity index is 531. The second-order valence-electron chi connectivity index (χ2n) is 7.38. The summed E-state index contributed by atoms with van der Waals surface area (Å²) in [6, 6.07) is 0. The lowest BCUT2D eigenvalue weighted by atomic mass is 9.83. The van der Waals surface area contributed by atoms with Crippen LogP contribution in [0.15, 0.2) is 4.99 Å². The molecule has 0 atom stereocenters. The third kappa shape index (κ3) is 9.25. The molecule has 0 heterocycles. The highest BCUT2D eigenvalue weighted by Crippen LogP contribution is 2.41. The SMILES string of the molecule is CCNC(=NCC1(CCOCC)CCCC1)NCCCN(CC)S(C)(=O)=O. The topological polar surface area (TPSA) is 83.0 Å². The molecular formula is C19H40N4O3S. The smallest absolute Gasteiger partial charge is 0.211 e. The predicted octanol–water partition coefficient (Wildman–Crippen LogP) is 2.20. The van der Waals surface area contributed by atoms with Crippen LogP contribution < -0.4 is 10.6 Å². The van der Waals surface area contributed by atoms with E-state index in [1.54, 1.807) is 0 Å². The predicted molar refractivity (Wildman–Crippen MR) is 113 cm³/mol. The van der Waals surface area contributed by atoms with Crippen molar-refractivity contribution in [2.75, 3.05) is 52.2 Å². The molecule has 0 amide bonds. The van der Waals surface area contributed by atoms with Crippen LogP contribution in [-0.2, 0) is 14.8 Å². The summed E-state index contributed by atoms with van der Waals surface area (Å²) in [7, 11) is -3.12. The molecule has 0 saturated heterocycles. The lowest BCUT2D eigenvalue weighted by Crippen LogP contribution is -2.40. The molecule has 1 saturated carbocycles. The first kappa shape index (κ1) is 24.2. The fraction of sp³-hybridized carbons (Fsp3) is 0.947. The van der Waals surface area contributed by atoms with Crippen molar-refractivity contribution in [1.29, 1.82) is 0 Å². The van der Waals surface area contributed by atoms with Gasteiger partial charge in [-0.1, -0.05) is 19.8 Å². The molecule has 0 bridgehead atoms.